The Morgan fingerprint density at radius 3 is 2.63 bits per heavy atom. The highest BCUT2D eigenvalue weighted by Crippen LogP contribution is 1.96. The fourth-order valence-corrected chi connectivity index (χ4v) is 2.87. The number of esters is 1. The Kier molecular flexibility index (Phi) is 11.2. The van der Waals surface area contributed by atoms with Crippen LogP contribution in [0.4, 0.5) is 4.79 Å². The van der Waals surface area contributed by atoms with Crippen LogP contribution in [0.5, 0.6) is 0 Å². The van der Waals surface area contributed by atoms with Crippen molar-refractivity contribution in [2.24, 2.45) is 0 Å². The van der Waals surface area contributed by atoms with Crippen LogP contribution in [0.3, 0.4) is 0 Å². The van der Waals surface area contributed by atoms with Gasteiger partial charge in [-0.15, -0.1) is 0 Å². The molecule has 0 saturated heterocycles. The summed E-state index contributed by atoms with van der Waals surface area (Å²) in [5, 5.41) is 2.50. The van der Waals surface area contributed by atoms with Crippen LogP contribution >= 0.6 is 0 Å². The van der Waals surface area contributed by atoms with Crippen molar-refractivity contribution in [2.45, 2.75) is 25.8 Å². The predicted molar refractivity (Wildman–Crippen MR) is 78.7 cm³/mol. The van der Waals surface area contributed by atoms with E-state index < -0.39 is 12.1 Å². The van der Waals surface area contributed by atoms with E-state index in [0.717, 1.165) is 29.4 Å². The second-order valence-electron chi connectivity index (χ2n) is 4.03. The summed E-state index contributed by atoms with van der Waals surface area (Å²) in [4.78, 5) is 22.2. The zero-order valence-electron chi connectivity index (χ0n) is 11.7. The van der Waals surface area contributed by atoms with E-state index in [-0.39, 0.29) is 22.9 Å². The highest BCUT2D eigenvalue weighted by Gasteiger charge is 2.04. The molecule has 0 aromatic carbocycles. The van der Waals surface area contributed by atoms with Crippen molar-refractivity contribution in [3.8, 4) is 0 Å². The first kappa shape index (κ1) is 17.9. The lowest BCUT2D eigenvalue weighted by molar-refractivity contribution is -0.138. The zero-order chi connectivity index (χ0) is 14.5. The summed E-state index contributed by atoms with van der Waals surface area (Å²) in [7, 11) is 0.522. The largest absolute Gasteiger partial charge is 0.468 e. The lowest BCUT2D eigenvalue weighted by atomic mass is 10.4. The summed E-state index contributed by atoms with van der Waals surface area (Å²) < 4.78 is 14.9. The number of rotatable bonds is 10. The van der Waals surface area contributed by atoms with E-state index in [0.29, 0.717) is 12.2 Å². The van der Waals surface area contributed by atoms with E-state index in [9.17, 15) is 9.59 Å². The highest BCUT2D eigenvalue weighted by molar-refractivity contribution is 6.34. The van der Waals surface area contributed by atoms with Crippen molar-refractivity contribution in [3.63, 3.8) is 0 Å². The fraction of sp³-hybridized carbons (Fsp3) is 0.636. The Bertz CT molecular complexity index is 299. The summed E-state index contributed by atoms with van der Waals surface area (Å²) in [6, 6.07) is 1.13. The summed E-state index contributed by atoms with van der Waals surface area (Å²) in [6.07, 6.45) is 1.41. The Labute approximate surface area is 119 Å². The van der Waals surface area contributed by atoms with Gasteiger partial charge >= 0.3 is 12.1 Å². The smallest absolute Gasteiger partial charge is 0.407 e. The summed E-state index contributed by atoms with van der Waals surface area (Å²) >= 11 is 0. The molecule has 0 aliphatic carbocycles. The van der Waals surface area contributed by atoms with Crippen molar-refractivity contribution in [3.05, 3.63) is 12.2 Å². The van der Waals surface area contributed by atoms with E-state index in [1.807, 2.05) is 0 Å². The van der Waals surface area contributed by atoms with Gasteiger partial charge in [0.2, 0.25) is 0 Å². The van der Waals surface area contributed by atoms with Crippen LogP contribution in [-0.2, 0) is 18.4 Å². The average Bonchev–Trinajstić information content (AvgIpc) is 2.38. The molecule has 1 N–H and O–H groups in total. The van der Waals surface area contributed by atoms with Crippen LogP contribution in [0, 0.1) is 0 Å². The second kappa shape index (κ2) is 11.9. The molecule has 0 atom stereocenters. The Balaban J connectivity index is 3.35. The maximum Gasteiger partial charge on any atom is 0.407 e. The Morgan fingerprint density at radius 1 is 1.26 bits per heavy atom. The summed E-state index contributed by atoms with van der Waals surface area (Å²) in [6.45, 7) is 5.78. The lowest BCUT2D eigenvalue weighted by Crippen LogP contribution is -2.29. The van der Waals surface area contributed by atoms with Gasteiger partial charge in [-0.25, -0.2) is 9.59 Å². The van der Waals surface area contributed by atoms with Gasteiger partial charge in [0.05, 0.1) is 13.2 Å². The quantitative estimate of drug-likeness (QED) is 0.253. The molecule has 0 heterocycles. The number of nitrogens with one attached hydrogen (secondary N) is 1. The minimum absolute atomic E-state index is 0.115. The maximum atomic E-state index is 11.2. The zero-order valence-corrected chi connectivity index (χ0v) is 15.1. The molecule has 1 amide bonds. The van der Waals surface area contributed by atoms with Crippen molar-refractivity contribution < 1.29 is 23.2 Å². The number of alkyl carbamates (subject to hydrolysis) is 1. The predicted octanol–water partition coefficient (Wildman–Crippen LogP) is -0.589. The van der Waals surface area contributed by atoms with Crippen LogP contribution in [0.2, 0.25) is 6.04 Å². The van der Waals surface area contributed by atoms with Crippen LogP contribution < -0.4 is 5.32 Å². The first-order valence-corrected chi connectivity index (χ1v) is 8.69. The van der Waals surface area contributed by atoms with Gasteiger partial charge in [0.15, 0.2) is 0 Å². The van der Waals surface area contributed by atoms with E-state index >= 15 is 0 Å². The van der Waals surface area contributed by atoms with Crippen molar-refractivity contribution in [2.75, 3.05) is 19.8 Å². The molecule has 110 valence electrons. The molecule has 8 heteroatoms. The highest BCUT2D eigenvalue weighted by atomic mass is 28.3. The third kappa shape index (κ3) is 11.7. The summed E-state index contributed by atoms with van der Waals surface area (Å²) in [5.41, 5.74) is 0.338. The second-order valence-corrected chi connectivity index (χ2v) is 7.46. The molecule has 0 unspecified atom stereocenters. The number of ether oxygens (including phenoxy) is 2. The molecule has 0 bridgehead atoms. The first-order valence-electron chi connectivity index (χ1n) is 6.30. The number of carbonyl (C=O) groups excluding carboxylic acids is 2. The Hall–Kier alpha value is -1.13. The van der Waals surface area contributed by atoms with Crippen molar-refractivity contribution in [1.82, 2.24) is 5.32 Å². The van der Waals surface area contributed by atoms with Crippen molar-refractivity contribution in [1.29, 1.82) is 0 Å². The lowest BCUT2D eigenvalue weighted by Gasteiger charge is -2.07. The van der Waals surface area contributed by atoms with Gasteiger partial charge in [0, 0.05) is 5.57 Å². The molecule has 0 aliphatic heterocycles. The topological polar surface area (TPSA) is 73.9 Å². The van der Waals surface area contributed by atoms with Gasteiger partial charge in [-0.3, -0.25) is 0 Å². The molecule has 0 spiro atoms. The molecule has 0 fully saturated rings. The minimum Gasteiger partial charge on any atom is -0.468 e. The van der Waals surface area contributed by atoms with E-state index in [2.05, 4.69) is 11.9 Å². The molecular formula is C11H23NO5Si2. The van der Waals surface area contributed by atoms with Gasteiger partial charge < -0.3 is 18.9 Å². The van der Waals surface area contributed by atoms with Gasteiger partial charge in [-0.2, -0.15) is 0 Å². The monoisotopic (exact) mass is 305 g/mol. The van der Waals surface area contributed by atoms with Gasteiger partial charge in [0.1, 0.15) is 26.9 Å². The molecule has 0 saturated carbocycles. The molecule has 0 aromatic rings. The first-order chi connectivity index (χ1) is 9.07. The molecule has 0 radical (unpaired) electrons. The SMILES string of the molecule is C=C(C)C(=O)OCCNC(=O)OCCCC[SiH2]O[SiH3]. The van der Waals surface area contributed by atoms with E-state index in [1.165, 1.54) is 0 Å². The number of hydrogen-bond acceptors (Lipinski definition) is 5. The van der Waals surface area contributed by atoms with Gasteiger partial charge in [-0.05, 0) is 19.4 Å². The molecule has 6 nitrogen and oxygen atoms in total. The van der Waals surface area contributed by atoms with E-state index in [1.54, 1.807) is 6.92 Å². The molecule has 0 aromatic heterocycles. The van der Waals surface area contributed by atoms with Crippen LogP contribution in [0.15, 0.2) is 12.2 Å². The number of carbonyl (C=O) groups is 2. The van der Waals surface area contributed by atoms with E-state index in [4.69, 9.17) is 13.6 Å². The summed E-state index contributed by atoms with van der Waals surface area (Å²) in [5.74, 6) is -0.458. The molecular weight excluding hydrogens is 282 g/mol. The fourth-order valence-electron chi connectivity index (χ4n) is 1.16. The van der Waals surface area contributed by atoms with Crippen LogP contribution in [-0.4, -0.2) is 52.1 Å². The van der Waals surface area contributed by atoms with Crippen LogP contribution in [0.25, 0.3) is 0 Å². The third-order valence-corrected chi connectivity index (χ3v) is 4.60. The van der Waals surface area contributed by atoms with Crippen LogP contribution in [0.1, 0.15) is 19.8 Å². The normalized spacial score (nSPS) is 10.6. The number of hydrogen-bond donors (Lipinski definition) is 1. The average molecular weight is 305 g/mol. The Morgan fingerprint density at radius 2 is 2.00 bits per heavy atom. The molecule has 19 heavy (non-hydrogen) atoms. The van der Waals surface area contributed by atoms with Gasteiger partial charge in [-0.1, -0.05) is 13.0 Å². The number of unbranched alkanes of at least 4 members (excludes halogenated alkanes) is 1. The number of amides is 1. The van der Waals surface area contributed by atoms with Crippen molar-refractivity contribution >= 4 is 32.3 Å². The van der Waals surface area contributed by atoms with Gasteiger partial charge in [0.25, 0.3) is 0 Å². The molecule has 0 rings (SSSR count). The minimum atomic E-state index is -0.484. The molecule has 0 aliphatic rings. The standard InChI is InChI=1S/C11H23NO5Si2/c1-9(2)10(13)15-7-5-12-11(14)16-6-3-4-8-19-17-18/h1,3-8,19H2,2,18H3,(H,12,14). The third-order valence-electron chi connectivity index (χ3n) is 2.18. The maximum absolute atomic E-state index is 11.2.